The number of aromatic hydroxyl groups is 1. The van der Waals surface area contributed by atoms with E-state index in [0.29, 0.717) is 22.3 Å². The number of carbonyl (C=O) groups is 1. The standard InChI is InChI=1S/C17H13ClN4O3/c1-2-15(24)19-9-3-5-13-11(7-9)16(22-17(25)21-13)20-10-4-6-14(23)12(18)8-10/h2-8,23H,1H2,(H,19,24)(H2,20,21,22,25). The van der Waals surface area contributed by atoms with E-state index in [9.17, 15) is 14.7 Å². The number of nitrogens with one attached hydrogen (secondary N) is 3. The Bertz CT molecular complexity index is 1050. The average molecular weight is 357 g/mol. The zero-order valence-corrected chi connectivity index (χ0v) is 13.6. The molecule has 1 heterocycles. The maximum Gasteiger partial charge on any atom is 0.347 e. The Morgan fingerprint density at radius 2 is 2.00 bits per heavy atom. The van der Waals surface area contributed by atoms with Crippen molar-refractivity contribution in [1.82, 2.24) is 9.97 Å². The van der Waals surface area contributed by atoms with Crippen LogP contribution in [0.5, 0.6) is 5.75 Å². The number of H-pyrrole nitrogens is 1. The zero-order chi connectivity index (χ0) is 18.0. The molecule has 0 aliphatic rings. The highest BCUT2D eigenvalue weighted by molar-refractivity contribution is 6.32. The van der Waals surface area contributed by atoms with Crippen LogP contribution >= 0.6 is 11.6 Å². The van der Waals surface area contributed by atoms with E-state index in [4.69, 9.17) is 11.6 Å². The first-order valence-electron chi connectivity index (χ1n) is 7.19. The number of benzene rings is 2. The smallest absolute Gasteiger partial charge is 0.347 e. The number of hydrogen-bond donors (Lipinski definition) is 4. The Morgan fingerprint density at radius 1 is 1.24 bits per heavy atom. The Morgan fingerprint density at radius 3 is 2.72 bits per heavy atom. The lowest BCUT2D eigenvalue weighted by molar-refractivity contribution is -0.111. The molecule has 0 atom stereocenters. The van der Waals surface area contributed by atoms with Gasteiger partial charge in [-0.15, -0.1) is 0 Å². The van der Waals surface area contributed by atoms with Crippen molar-refractivity contribution < 1.29 is 9.90 Å². The summed E-state index contributed by atoms with van der Waals surface area (Å²) in [6.07, 6.45) is 1.16. The molecular formula is C17H13ClN4O3. The minimum Gasteiger partial charge on any atom is -0.506 e. The molecule has 126 valence electrons. The maximum absolute atomic E-state index is 11.8. The van der Waals surface area contributed by atoms with E-state index in [-0.39, 0.29) is 22.5 Å². The van der Waals surface area contributed by atoms with Gasteiger partial charge in [0.1, 0.15) is 11.6 Å². The Kier molecular flexibility index (Phi) is 4.40. The number of rotatable bonds is 4. The maximum atomic E-state index is 11.8. The van der Waals surface area contributed by atoms with Crippen molar-refractivity contribution in [2.24, 2.45) is 0 Å². The number of amides is 1. The number of halogens is 1. The summed E-state index contributed by atoms with van der Waals surface area (Å²) in [5.74, 6) is -0.114. The minimum absolute atomic E-state index is 0.0506. The van der Waals surface area contributed by atoms with Crippen LogP contribution in [0.1, 0.15) is 0 Å². The van der Waals surface area contributed by atoms with E-state index in [1.165, 1.54) is 12.1 Å². The summed E-state index contributed by atoms with van der Waals surface area (Å²) >= 11 is 5.89. The van der Waals surface area contributed by atoms with E-state index in [2.05, 4.69) is 27.2 Å². The summed E-state index contributed by atoms with van der Waals surface area (Å²) in [6, 6.07) is 9.51. The molecule has 0 bridgehead atoms. The Balaban J connectivity index is 2.06. The van der Waals surface area contributed by atoms with Gasteiger partial charge >= 0.3 is 5.69 Å². The van der Waals surface area contributed by atoms with Gasteiger partial charge in [0.05, 0.1) is 10.5 Å². The molecule has 1 aromatic heterocycles. The third kappa shape index (κ3) is 3.61. The predicted molar refractivity (Wildman–Crippen MR) is 97.6 cm³/mol. The molecule has 0 fully saturated rings. The number of aromatic amines is 1. The van der Waals surface area contributed by atoms with Gasteiger partial charge in [-0.2, -0.15) is 4.98 Å². The number of phenolic OH excluding ortho intramolecular Hbond substituents is 1. The highest BCUT2D eigenvalue weighted by Gasteiger charge is 2.09. The van der Waals surface area contributed by atoms with Crippen LogP contribution in [-0.4, -0.2) is 21.0 Å². The van der Waals surface area contributed by atoms with Gasteiger partial charge in [0.15, 0.2) is 0 Å². The number of phenols is 1. The van der Waals surface area contributed by atoms with Crippen molar-refractivity contribution in [2.75, 3.05) is 10.6 Å². The van der Waals surface area contributed by atoms with Crippen LogP contribution < -0.4 is 16.3 Å². The minimum atomic E-state index is -0.525. The Labute approximate surface area is 147 Å². The van der Waals surface area contributed by atoms with Gasteiger partial charge in [0.25, 0.3) is 0 Å². The monoisotopic (exact) mass is 356 g/mol. The van der Waals surface area contributed by atoms with Crippen LogP contribution in [0, 0.1) is 0 Å². The molecule has 4 N–H and O–H groups in total. The fourth-order valence-corrected chi connectivity index (χ4v) is 2.42. The number of hydrogen-bond acceptors (Lipinski definition) is 5. The molecule has 0 aliphatic carbocycles. The fraction of sp³-hybridized carbons (Fsp3) is 0. The second-order valence-corrected chi connectivity index (χ2v) is 5.54. The van der Waals surface area contributed by atoms with E-state index < -0.39 is 5.69 Å². The van der Waals surface area contributed by atoms with Gasteiger partial charge in [0, 0.05) is 16.8 Å². The number of aromatic nitrogens is 2. The third-order valence-electron chi connectivity index (χ3n) is 3.39. The van der Waals surface area contributed by atoms with Crippen molar-refractivity contribution >= 4 is 45.6 Å². The summed E-state index contributed by atoms with van der Waals surface area (Å²) in [5.41, 5.74) is 1.09. The van der Waals surface area contributed by atoms with E-state index >= 15 is 0 Å². The second kappa shape index (κ2) is 6.66. The average Bonchev–Trinajstić information content (AvgIpc) is 2.58. The van der Waals surface area contributed by atoms with Crippen molar-refractivity contribution in [3.05, 3.63) is 64.6 Å². The second-order valence-electron chi connectivity index (χ2n) is 5.14. The van der Waals surface area contributed by atoms with Crippen molar-refractivity contribution in [3.8, 4) is 5.75 Å². The van der Waals surface area contributed by atoms with Crippen LogP contribution in [0.25, 0.3) is 10.9 Å². The van der Waals surface area contributed by atoms with E-state index in [1.807, 2.05) is 0 Å². The molecular weight excluding hydrogens is 344 g/mol. The van der Waals surface area contributed by atoms with Crippen LogP contribution in [0.3, 0.4) is 0 Å². The van der Waals surface area contributed by atoms with Crippen LogP contribution in [-0.2, 0) is 4.79 Å². The highest BCUT2D eigenvalue weighted by Crippen LogP contribution is 2.29. The quantitative estimate of drug-likeness (QED) is 0.424. The van der Waals surface area contributed by atoms with Crippen molar-refractivity contribution in [3.63, 3.8) is 0 Å². The van der Waals surface area contributed by atoms with Crippen molar-refractivity contribution in [2.45, 2.75) is 0 Å². The number of anilines is 3. The largest absolute Gasteiger partial charge is 0.506 e. The lowest BCUT2D eigenvalue weighted by atomic mass is 10.2. The summed E-state index contributed by atoms with van der Waals surface area (Å²) in [4.78, 5) is 29.8. The van der Waals surface area contributed by atoms with Gasteiger partial charge < -0.3 is 20.7 Å². The number of fused-ring (bicyclic) bond motifs is 1. The van der Waals surface area contributed by atoms with Gasteiger partial charge in [-0.3, -0.25) is 4.79 Å². The SMILES string of the molecule is C=CC(=O)Nc1ccc2[nH]c(=O)nc(Nc3ccc(O)c(Cl)c3)c2c1. The fourth-order valence-electron chi connectivity index (χ4n) is 2.24. The molecule has 0 aliphatic heterocycles. The van der Waals surface area contributed by atoms with E-state index in [1.54, 1.807) is 24.3 Å². The first kappa shape index (κ1) is 16.5. The molecule has 8 heteroatoms. The molecule has 0 saturated heterocycles. The first-order chi connectivity index (χ1) is 12.0. The number of nitrogens with zero attached hydrogens (tertiary/aromatic N) is 1. The van der Waals surface area contributed by atoms with Gasteiger partial charge in [-0.25, -0.2) is 4.79 Å². The summed E-state index contributed by atoms with van der Waals surface area (Å²) in [5, 5.41) is 15.9. The molecule has 3 rings (SSSR count). The van der Waals surface area contributed by atoms with Crippen LogP contribution in [0.2, 0.25) is 5.02 Å². The molecule has 0 unspecified atom stereocenters. The first-order valence-corrected chi connectivity index (χ1v) is 7.57. The summed E-state index contributed by atoms with van der Waals surface area (Å²) in [7, 11) is 0. The Hall–Kier alpha value is -3.32. The summed E-state index contributed by atoms with van der Waals surface area (Å²) in [6.45, 7) is 3.40. The van der Waals surface area contributed by atoms with Gasteiger partial charge in [0.2, 0.25) is 5.91 Å². The topological polar surface area (TPSA) is 107 Å². The lowest BCUT2D eigenvalue weighted by Crippen LogP contribution is -2.13. The zero-order valence-electron chi connectivity index (χ0n) is 12.8. The predicted octanol–water partition coefficient (Wildman–Crippen LogP) is 3.15. The molecule has 2 aromatic carbocycles. The molecule has 25 heavy (non-hydrogen) atoms. The summed E-state index contributed by atoms with van der Waals surface area (Å²) < 4.78 is 0. The third-order valence-corrected chi connectivity index (χ3v) is 3.70. The van der Waals surface area contributed by atoms with Gasteiger partial charge in [-0.05, 0) is 42.5 Å². The normalized spacial score (nSPS) is 10.4. The van der Waals surface area contributed by atoms with Crippen LogP contribution in [0.4, 0.5) is 17.2 Å². The molecule has 0 radical (unpaired) electrons. The van der Waals surface area contributed by atoms with E-state index in [0.717, 1.165) is 6.08 Å². The van der Waals surface area contributed by atoms with Crippen molar-refractivity contribution in [1.29, 1.82) is 0 Å². The molecule has 3 aromatic rings. The molecule has 0 spiro atoms. The van der Waals surface area contributed by atoms with Crippen LogP contribution in [0.15, 0.2) is 53.8 Å². The molecule has 1 amide bonds. The number of carbonyl (C=O) groups excluding carboxylic acids is 1. The van der Waals surface area contributed by atoms with Gasteiger partial charge in [-0.1, -0.05) is 18.2 Å². The molecule has 7 nitrogen and oxygen atoms in total. The highest BCUT2D eigenvalue weighted by atomic mass is 35.5. The molecule has 0 saturated carbocycles. The lowest BCUT2D eigenvalue weighted by Gasteiger charge is -2.10.